The number of fused-ring (bicyclic) bond motifs is 1. The van der Waals surface area contributed by atoms with Crippen LogP contribution in [0.2, 0.25) is 0 Å². The maximum absolute atomic E-state index is 15.3. The number of nitrogens with one attached hydrogen (secondary N) is 1. The van der Waals surface area contributed by atoms with Crippen LogP contribution in [0.4, 0.5) is 18.9 Å². The first-order valence-electron chi connectivity index (χ1n) is 12.8. The van der Waals surface area contributed by atoms with Crippen molar-refractivity contribution in [2.45, 2.75) is 18.4 Å². The van der Waals surface area contributed by atoms with E-state index in [0.717, 1.165) is 17.2 Å². The molecule has 1 heterocycles. The number of benzene rings is 5. The topological polar surface area (TPSA) is 29.1 Å². The predicted octanol–water partition coefficient (Wildman–Crippen LogP) is 7.43. The minimum absolute atomic E-state index is 0.195. The van der Waals surface area contributed by atoms with Crippen molar-refractivity contribution in [2.24, 2.45) is 0 Å². The highest BCUT2D eigenvalue weighted by Crippen LogP contribution is 2.50. The second kappa shape index (κ2) is 10.2. The van der Waals surface area contributed by atoms with Crippen LogP contribution in [0.15, 0.2) is 121 Å². The molecule has 5 aromatic rings. The first-order valence-corrected chi connectivity index (χ1v) is 14.5. The third-order valence-electron chi connectivity index (χ3n) is 7.44. The zero-order valence-electron chi connectivity index (χ0n) is 20.9. The van der Waals surface area contributed by atoms with Crippen molar-refractivity contribution in [3.05, 3.63) is 155 Å². The monoisotopic (exact) mass is 539 g/mol. The molecule has 194 valence electrons. The Morgan fingerprint density at radius 2 is 1.26 bits per heavy atom. The second-order valence-corrected chi connectivity index (χ2v) is 12.5. The Balaban J connectivity index is 1.59. The van der Waals surface area contributed by atoms with Gasteiger partial charge in [0, 0.05) is 27.5 Å². The van der Waals surface area contributed by atoms with Gasteiger partial charge in [-0.2, -0.15) is 0 Å². The molecule has 1 aliphatic rings. The van der Waals surface area contributed by atoms with Crippen LogP contribution in [0.3, 0.4) is 0 Å². The zero-order valence-corrected chi connectivity index (χ0v) is 21.8. The molecule has 6 rings (SSSR count). The molecule has 2 atom stereocenters. The highest BCUT2D eigenvalue weighted by Gasteiger charge is 2.37. The summed E-state index contributed by atoms with van der Waals surface area (Å²) in [5, 5.41) is 5.57. The first-order chi connectivity index (χ1) is 18.9. The Kier molecular flexibility index (Phi) is 6.62. The van der Waals surface area contributed by atoms with Crippen molar-refractivity contribution in [3.63, 3.8) is 0 Å². The van der Waals surface area contributed by atoms with E-state index in [4.69, 9.17) is 0 Å². The van der Waals surface area contributed by atoms with E-state index in [2.05, 4.69) is 5.32 Å². The molecule has 0 spiro atoms. The molecule has 0 aromatic heterocycles. The number of hydrogen-bond donors (Lipinski definition) is 1. The summed E-state index contributed by atoms with van der Waals surface area (Å²) in [7, 11) is -3.35. The molecule has 0 aliphatic carbocycles. The molecule has 39 heavy (non-hydrogen) atoms. The van der Waals surface area contributed by atoms with Gasteiger partial charge in [-0.25, -0.2) is 13.2 Å². The zero-order chi connectivity index (χ0) is 27.0. The number of halogens is 3. The summed E-state index contributed by atoms with van der Waals surface area (Å²) >= 11 is 0. The van der Waals surface area contributed by atoms with Crippen molar-refractivity contribution >= 4 is 28.7 Å². The molecule has 2 nitrogen and oxygen atoms in total. The third kappa shape index (κ3) is 4.57. The summed E-state index contributed by atoms with van der Waals surface area (Å²) < 4.78 is 57.3. The lowest BCUT2D eigenvalue weighted by atomic mass is 9.80. The smallest absolute Gasteiger partial charge is 0.173 e. The van der Waals surface area contributed by atoms with Crippen LogP contribution in [0.25, 0.3) is 0 Å². The molecule has 5 aromatic carbocycles. The fourth-order valence-electron chi connectivity index (χ4n) is 5.53. The van der Waals surface area contributed by atoms with E-state index in [1.54, 1.807) is 18.2 Å². The van der Waals surface area contributed by atoms with Crippen LogP contribution in [0.5, 0.6) is 0 Å². The molecule has 0 bridgehead atoms. The molecule has 1 aliphatic heterocycles. The van der Waals surface area contributed by atoms with E-state index in [1.165, 1.54) is 18.2 Å². The van der Waals surface area contributed by atoms with Crippen molar-refractivity contribution in [1.29, 1.82) is 0 Å². The Morgan fingerprint density at radius 1 is 0.641 bits per heavy atom. The van der Waals surface area contributed by atoms with Crippen LogP contribution in [-0.4, -0.2) is 0 Å². The van der Waals surface area contributed by atoms with Crippen LogP contribution in [0, 0.1) is 17.5 Å². The van der Waals surface area contributed by atoms with Gasteiger partial charge in [-0.1, -0.05) is 91.0 Å². The lowest BCUT2D eigenvalue weighted by Crippen LogP contribution is -2.32. The Morgan fingerprint density at radius 3 is 1.87 bits per heavy atom. The van der Waals surface area contributed by atoms with E-state index >= 15 is 4.57 Å². The summed E-state index contributed by atoms with van der Waals surface area (Å²) in [6.45, 7) is 0. The average molecular weight is 540 g/mol. The maximum Gasteiger partial charge on any atom is 0.173 e. The first kappa shape index (κ1) is 25.2. The van der Waals surface area contributed by atoms with E-state index in [9.17, 15) is 13.2 Å². The highest BCUT2D eigenvalue weighted by atomic mass is 31.2. The fraction of sp³-hybridized carbons (Fsp3) is 0.0909. The molecule has 0 saturated heterocycles. The summed E-state index contributed by atoms with van der Waals surface area (Å²) in [5.74, 6) is -2.37. The van der Waals surface area contributed by atoms with Crippen LogP contribution < -0.4 is 21.2 Å². The number of hydrogen-bond acceptors (Lipinski definition) is 2. The largest absolute Gasteiger partial charge is 0.377 e. The Bertz CT molecular complexity index is 1630. The Labute approximate surface area is 225 Å². The molecule has 1 N–H and O–H groups in total. The van der Waals surface area contributed by atoms with Gasteiger partial charge < -0.3 is 9.88 Å². The molecular weight excluding hydrogens is 514 g/mol. The van der Waals surface area contributed by atoms with Crippen LogP contribution in [-0.2, 0) is 4.57 Å². The van der Waals surface area contributed by atoms with Crippen LogP contribution in [0.1, 0.15) is 35.1 Å². The van der Waals surface area contributed by atoms with Gasteiger partial charge in [-0.05, 0) is 53.4 Å². The lowest BCUT2D eigenvalue weighted by Gasteiger charge is -2.36. The number of rotatable bonds is 5. The number of anilines is 1. The quantitative estimate of drug-likeness (QED) is 0.235. The molecule has 0 radical (unpaired) electrons. The van der Waals surface area contributed by atoms with Gasteiger partial charge in [0.15, 0.2) is 18.8 Å². The van der Waals surface area contributed by atoms with Crippen molar-refractivity contribution in [3.8, 4) is 0 Å². The van der Waals surface area contributed by atoms with Crippen molar-refractivity contribution < 1.29 is 17.7 Å². The summed E-state index contributed by atoms with van der Waals surface area (Å²) in [6.07, 6.45) is 0.522. The molecule has 0 unspecified atom stereocenters. The van der Waals surface area contributed by atoms with Gasteiger partial charge in [-0.15, -0.1) is 0 Å². The van der Waals surface area contributed by atoms with Gasteiger partial charge in [0.2, 0.25) is 0 Å². The second-order valence-electron chi connectivity index (χ2n) is 9.73. The lowest BCUT2D eigenvalue weighted by molar-refractivity contribution is 0.503. The maximum atomic E-state index is 15.3. The number of para-hydroxylation sites is 1. The van der Waals surface area contributed by atoms with Gasteiger partial charge in [0.1, 0.15) is 5.82 Å². The molecular formula is C33H25F3NOP. The van der Waals surface area contributed by atoms with Gasteiger partial charge in [-0.3, -0.25) is 0 Å². The van der Waals surface area contributed by atoms with Gasteiger partial charge in [0.25, 0.3) is 0 Å². The Hall–Kier alpha value is -4.08. The van der Waals surface area contributed by atoms with E-state index < -0.39 is 24.8 Å². The fourth-order valence-corrected chi connectivity index (χ4v) is 8.37. The van der Waals surface area contributed by atoms with Gasteiger partial charge >= 0.3 is 0 Å². The summed E-state index contributed by atoms with van der Waals surface area (Å²) in [6, 6.07) is 34.4. The minimum Gasteiger partial charge on any atom is -0.377 e. The van der Waals surface area contributed by atoms with E-state index in [0.29, 0.717) is 33.6 Å². The van der Waals surface area contributed by atoms with E-state index in [-0.39, 0.29) is 11.7 Å². The third-order valence-corrected chi connectivity index (χ3v) is 10.5. The van der Waals surface area contributed by atoms with E-state index in [1.807, 2.05) is 78.9 Å². The molecule has 0 amide bonds. The standard InChI is InChI=1S/C33H25F3NOP/c34-24-17-14-22(15-18-24)28-21-31(23-16-19-29(35)30(36)20-23)37-33-27(28)12-7-13-32(33)39(38,25-8-3-1-4-9-25)26-10-5-2-6-11-26/h1-20,28,31,37H,21H2/t28-,31+/m1/s1. The van der Waals surface area contributed by atoms with Crippen molar-refractivity contribution in [2.75, 3.05) is 5.32 Å². The van der Waals surface area contributed by atoms with Crippen LogP contribution >= 0.6 is 7.14 Å². The average Bonchev–Trinajstić information content (AvgIpc) is 2.98. The predicted molar refractivity (Wildman–Crippen MR) is 151 cm³/mol. The molecule has 6 heteroatoms. The van der Waals surface area contributed by atoms with Crippen molar-refractivity contribution in [1.82, 2.24) is 0 Å². The highest BCUT2D eigenvalue weighted by molar-refractivity contribution is 7.85. The molecule has 0 saturated carbocycles. The summed E-state index contributed by atoms with van der Waals surface area (Å²) in [5.41, 5.74) is 3.09. The van der Waals surface area contributed by atoms with Gasteiger partial charge in [0.05, 0.1) is 6.04 Å². The SMILES string of the molecule is O=P(c1ccccc1)(c1ccccc1)c1cccc2c1N[C@H](c1ccc(F)c(F)c1)C[C@@H]2c1ccc(F)cc1. The normalized spacial score (nSPS) is 16.8. The molecule has 0 fully saturated rings. The minimum atomic E-state index is -3.35. The summed E-state index contributed by atoms with van der Waals surface area (Å²) in [4.78, 5) is 0.